The molecule has 7 heteroatoms. The minimum atomic E-state index is -3.77. The molecule has 0 aromatic heterocycles. The van der Waals surface area contributed by atoms with Crippen molar-refractivity contribution in [3.05, 3.63) is 30.3 Å². The molecule has 0 heterocycles. The molecule has 0 saturated heterocycles. The van der Waals surface area contributed by atoms with Crippen LogP contribution in [0, 0.1) is 0 Å². The first-order chi connectivity index (χ1) is 8.91. The van der Waals surface area contributed by atoms with Crippen LogP contribution in [-0.4, -0.2) is 48.9 Å². The van der Waals surface area contributed by atoms with Crippen molar-refractivity contribution in [3.63, 3.8) is 0 Å². The predicted molar refractivity (Wildman–Crippen MR) is 75.8 cm³/mol. The van der Waals surface area contributed by atoms with E-state index in [1.54, 1.807) is 18.2 Å². The van der Waals surface area contributed by atoms with E-state index in [1.165, 1.54) is 30.9 Å². The van der Waals surface area contributed by atoms with Gasteiger partial charge in [0.15, 0.2) is 0 Å². The Labute approximate surface area is 117 Å². The quantitative estimate of drug-likeness (QED) is 0.826. The minimum absolute atomic E-state index is 0.105. The van der Waals surface area contributed by atoms with Crippen molar-refractivity contribution in [1.82, 2.24) is 4.31 Å². The van der Waals surface area contributed by atoms with Crippen molar-refractivity contribution in [3.8, 4) is 0 Å². The van der Waals surface area contributed by atoms with Gasteiger partial charge in [-0.05, 0) is 30.6 Å². The van der Waals surface area contributed by atoms with Crippen LogP contribution >= 0.6 is 11.8 Å². The van der Waals surface area contributed by atoms with Gasteiger partial charge in [-0.3, -0.25) is 4.79 Å². The number of hydrogen-bond acceptors (Lipinski definition) is 4. The van der Waals surface area contributed by atoms with Gasteiger partial charge in [-0.25, -0.2) is 8.42 Å². The van der Waals surface area contributed by atoms with E-state index in [0.29, 0.717) is 5.75 Å². The second-order valence-electron chi connectivity index (χ2n) is 3.97. The first kappa shape index (κ1) is 16.0. The van der Waals surface area contributed by atoms with Crippen molar-refractivity contribution >= 4 is 27.8 Å². The molecule has 1 atom stereocenters. The van der Waals surface area contributed by atoms with Gasteiger partial charge in [-0.2, -0.15) is 16.1 Å². The fourth-order valence-electron chi connectivity index (χ4n) is 1.62. The van der Waals surface area contributed by atoms with Crippen LogP contribution < -0.4 is 0 Å². The highest BCUT2D eigenvalue weighted by atomic mass is 32.2. The van der Waals surface area contributed by atoms with Crippen LogP contribution in [0.3, 0.4) is 0 Å². The lowest BCUT2D eigenvalue weighted by Crippen LogP contribution is -2.42. The Balaban J connectivity index is 3.02. The zero-order chi connectivity index (χ0) is 14.5. The average Bonchev–Trinajstić information content (AvgIpc) is 2.39. The molecule has 1 aromatic carbocycles. The first-order valence-corrected chi connectivity index (χ1v) is 8.49. The number of carbonyl (C=O) groups is 1. The van der Waals surface area contributed by atoms with Gasteiger partial charge < -0.3 is 5.11 Å². The number of sulfonamides is 1. The van der Waals surface area contributed by atoms with Gasteiger partial charge >= 0.3 is 5.97 Å². The molecular weight excluding hydrogens is 286 g/mol. The van der Waals surface area contributed by atoms with E-state index in [-0.39, 0.29) is 11.3 Å². The molecule has 0 aliphatic heterocycles. The van der Waals surface area contributed by atoms with E-state index in [2.05, 4.69) is 0 Å². The summed E-state index contributed by atoms with van der Waals surface area (Å²) in [7, 11) is -2.46. The summed E-state index contributed by atoms with van der Waals surface area (Å²) in [6.07, 6.45) is 2.13. The molecular formula is C12H17NO4S2. The van der Waals surface area contributed by atoms with Crippen LogP contribution in [0.15, 0.2) is 35.2 Å². The molecule has 0 bridgehead atoms. The Kier molecular flexibility index (Phi) is 5.84. The lowest BCUT2D eigenvalue weighted by atomic mass is 10.2. The number of nitrogens with zero attached hydrogens (tertiary/aromatic N) is 1. The Hall–Kier alpha value is -1.05. The fraction of sp³-hybridized carbons (Fsp3) is 0.417. The molecule has 0 spiro atoms. The van der Waals surface area contributed by atoms with Gasteiger partial charge in [-0.1, -0.05) is 18.2 Å². The number of benzene rings is 1. The molecule has 1 rings (SSSR count). The molecule has 0 unspecified atom stereocenters. The smallest absolute Gasteiger partial charge is 0.322 e. The van der Waals surface area contributed by atoms with E-state index < -0.39 is 22.0 Å². The number of carboxylic acids is 1. The standard InChI is InChI=1S/C12H17NO4S2/c1-13(11(12(14)15)8-9-18-2)19(16,17)10-6-4-3-5-7-10/h3-7,11H,8-9H2,1-2H3,(H,14,15)/t11-/m0/s1. The molecule has 0 fully saturated rings. The summed E-state index contributed by atoms with van der Waals surface area (Å²) < 4.78 is 25.5. The van der Waals surface area contributed by atoms with Crippen molar-refractivity contribution < 1.29 is 18.3 Å². The highest BCUT2D eigenvalue weighted by molar-refractivity contribution is 7.98. The number of aliphatic carboxylic acids is 1. The summed E-state index contributed by atoms with van der Waals surface area (Å²) in [5.41, 5.74) is 0. The fourth-order valence-corrected chi connectivity index (χ4v) is 3.44. The topological polar surface area (TPSA) is 74.7 Å². The van der Waals surface area contributed by atoms with Crippen LogP contribution in [0.2, 0.25) is 0 Å². The van der Waals surface area contributed by atoms with Crippen LogP contribution in [0.25, 0.3) is 0 Å². The summed E-state index contributed by atoms with van der Waals surface area (Å²) in [5.74, 6) is -0.540. The Bertz CT molecular complexity index is 516. The van der Waals surface area contributed by atoms with E-state index in [9.17, 15) is 13.2 Å². The monoisotopic (exact) mass is 303 g/mol. The average molecular weight is 303 g/mol. The summed E-state index contributed by atoms with van der Waals surface area (Å²) in [5, 5.41) is 9.17. The van der Waals surface area contributed by atoms with Gasteiger partial charge in [0.25, 0.3) is 0 Å². The zero-order valence-electron chi connectivity index (χ0n) is 10.8. The van der Waals surface area contributed by atoms with Crippen LogP contribution in [0.5, 0.6) is 0 Å². The largest absolute Gasteiger partial charge is 0.480 e. The highest BCUT2D eigenvalue weighted by Gasteiger charge is 2.32. The Morgan fingerprint density at radius 1 is 1.37 bits per heavy atom. The summed E-state index contributed by atoms with van der Waals surface area (Å²) >= 11 is 1.49. The third-order valence-electron chi connectivity index (χ3n) is 2.74. The zero-order valence-corrected chi connectivity index (χ0v) is 12.4. The normalized spacial score (nSPS) is 13.4. The van der Waals surface area contributed by atoms with Gasteiger partial charge in [0.05, 0.1) is 4.90 Å². The summed E-state index contributed by atoms with van der Waals surface area (Å²) in [6.45, 7) is 0. The molecule has 5 nitrogen and oxygen atoms in total. The molecule has 19 heavy (non-hydrogen) atoms. The van der Waals surface area contributed by atoms with Crippen LogP contribution in [0.1, 0.15) is 6.42 Å². The third-order valence-corrected chi connectivity index (χ3v) is 5.26. The van der Waals surface area contributed by atoms with Crippen LogP contribution in [0.4, 0.5) is 0 Å². The Morgan fingerprint density at radius 3 is 2.42 bits per heavy atom. The van der Waals surface area contributed by atoms with Crippen LogP contribution in [-0.2, 0) is 14.8 Å². The number of likely N-dealkylation sites (N-methyl/N-ethyl adjacent to an activating group) is 1. The number of carboxylic acid groups (broad SMARTS) is 1. The molecule has 1 aromatic rings. The lowest BCUT2D eigenvalue weighted by molar-refractivity contribution is -0.141. The van der Waals surface area contributed by atoms with Crippen molar-refractivity contribution in [1.29, 1.82) is 0 Å². The van der Waals surface area contributed by atoms with E-state index in [4.69, 9.17) is 5.11 Å². The van der Waals surface area contributed by atoms with Gasteiger partial charge in [0.1, 0.15) is 6.04 Å². The predicted octanol–water partition coefficient (Wildman–Crippen LogP) is 1.51. The SMILES string of the molecule is CSCC[C@@H](C(=O)O)N(C)S(=O)(=O)c1ccccc1. The van der Waals surface area contributed by atoms with Gasteiger partial charge in [0.2, 0.25) is 10.0 Å². The van der Waals surface area contributed by atoms with E-state index in [0.717, 1.165) is 4.31 Å². The summed E-state index contributed by atoms with van der Waals surface area (Å²) in [4.78, 5) is 11.3. The minimum Gasteiger partial charge on any atom is -0.480 e. The molecule has 1 N–H and O–H groups in total. The molecule has 0 aliphatic rings. The van der Waals surface area contributed by atoms with E-state index >= 15 is 0 Å². The maximum absolute atomic E-state index is 12.3. The molecule has 0 saturated carbocycles. The molecule has 0 radical (unpaired) electrons. The maximum Gasteiger partial charge on any atom is 0.322 e. The second-order valence-corrected chi connectivity index (χ2v) is 6.95. The van der Waals surface area contributed by atoms with Gasteiger partial charge in [0, 0.05) is 7.05 Å². The second kappa shape index (κ2) is 6.93. The summed E-state index contributed by atoms with van der Waals surface area (Å²) in [6, 6.07) is 6.80. The highest BCUT2D eigenvalue weighted by Crippen LogP contribution is 2.18. The Morgan fingerprint density at radius 2 is 1.95 bits per heavy atom. The van der Waals surface area contributed by atoms with Gasteiger partial charge in [-0.15, -0.1) is 0 Å². The number of thioether (sulfide) groups is 1. The molecule has 0 aliphatic carbocycles. The van der Waals surface area contributed by atoms with Crippen molar-refractivity contribution in [2.24, 2.45) is 0 Å². The maximum atomic E-state index is 12.3. The molecule has 106 valence electrons. The lowest BCUT2D eigenvalue weighted by Gasteiger charge is -2.24. The number of hydrogen-bond donors (Lipinski definition) is 1. The number of rotatable bonds is 7. The third kappa shape index (κ3) is 3.95. The first-order valence-electron chi connectivity index (χ1n) is 5.66. The van der Waals surface area contributed by atoms with Crippen molar-refractivity contribution in [2.75, 3.05) is 19.1 Å². The van der Waals surface area contributed by atoms with Crippen molar-refractivity contribution in [2.45, 2.75) is 17.4 Å². The molecule has 0 amide bonds. The van der Waals surface area contributed by atoms with E-state index in [1.807, 2.05) is 6.26 Å².